The van der Waals surface area contributed by atoms with E-state index >= 15 is 0 Å². The summed E-state index contributed by atoms with van der Waals surface area (Å²) in [6, 6.07) is 4.51. The van der Waals surface area contributed by atoms with Gasteiger partial charge < -0.3 is 15.4 Å². The molecule has 100 valence electrons. The maximum atomic E-state index is 13.0. The summed E-state index contributed by atoms with van der Waals surface area (Å²) in [6.07, 6.45) is 3.63. The highest BCUT2D eigenvalue weighted by Crippen LogP contribution is 2.19. The molecule has 0 amide bonds. The molecule has 2 rings (SSSR count). The average Bonchev–Trinajstić information content (AvgIpc) is 2.89. The third-order valence-corrected chi connectivity index (χ3v) is 3.32. The third kappa shape index (κ3) is 3.68. The first-order valence-corrected chi connectivity index (χ1v) is 6.63. The molecule has 0 atom stereocenters. The summed E-state index contributed by atoms with van der Waals surface area (Å²) < 4.78 is 18.7. The van der Waals surface area contributed by atoms with Crippen molar-refractivity contribution in [3.8, 4) is 5.75 Å². The minimum Gasteiger partial charge on any atom is -0.493 e. The van der Waals surface area contributed by atoms with Crippen LogP contribution in [0.25, 0.3) is 0 Å². The number of rotatable bonds is 6. The lowest BCUT2D eigenvalue weighted by Crippen LogP contribution is -2.22. The van der Waals surface area contributed by atoms with Crippen LogP contribution in [0.1, 0.15) is 24.8 Å². The lowest BCUT2D eigenvalue weighted by atomic mass is 10.2. The number of hydrogen-bond donors (Lipinski definition) is 1. The van der Waals surface area contributed by atoms with Crippen molar-refractivity contribution in [1.29, 1.82) is 0 Å². The predicted octanol–water partition coefficient (Wildman–Crippen LogP) is 2.15. The highest BCUT2D eigenvalue weighted by molar-refractivity contribution is 5.33. The summed E-state index contributed by atoms with van der Waals surface area (Å²) in [6.45, 7) is 4.47. The van der Waals surface area contributed by atoms with E-state index in [9.17, 15) is 4.39 Å². The molecule has 18 heavy (non-hydrogen) atoms. The van der Waals surface area contributed by atoms with Crippen LogP contribution in [0.5, 0.6) is 5.75 Å². The molecule has 1 aromatic rings. The van der Waals surface area contributed by atoms with E-state index in [1.54, 1.807) is 6.07 Å². The molecular formula is C14H21FN2O. The van der Waals surface area contributed by atoms with E-state index in [2.05, 4.69) is 4.90 Å². The zero-order valence-electron chi connectivity index (χ0n) is 10.7. The van der Waals surface area contributed by atoms with E-state index in [1.165, 1.54) is 38.1 Å². The normalized spacial score (nSPS) is 16.1. The summed E-state index contributed by atoms with van der Waals surface area (Å²) >= 11 is 0. The lowest BCUT2D eigenvalue weighted by molar-refractivity contribution is 0.261. The van der Waals surface area contributed by atoms with E-state index in [0.717, 1.165) is 18.5 Å². The molecule has 1 aromatic carbocycles. The molecule has 0 spiro atoms. The van der Waals surface area contributed by atoms with Gasteiger partial charge in [-0.2, -0.15) is 0 Å². The van der Waals surface area contributed by atoms with Crippen molar-refractivity contribution in [2.75, 3.05) is 26.2 Å². The number of benzene rings is 1. The Morgan fingerprint density at radius 1 is 1.28 bits per heavy atom. The van der Waals surface area contributed by atoms with Crippen LogP contribution in [0, 0.1) is 5.82 Å². The summed E-state index contributed by atoms with van der Waals surface area (Å²) in [5.74, 6) is 0.445. The Balaban J connectivity index is 1.75. The smallest absolute Gasteiger partial charge is 0.123 e. The van der Waals surface area contributed by atoms with Gasteiger partial charge in [0.15, 0.2) is 0 Å². The van der Waals surface area contributed by atoms with Crippen LogP contribution >= 0.6 is 0 Å². The molecule has 0 saturated carbocycles. The van der Waals surface area contributed by atoms with Gasteiger partial charge in [-0.25, -0.2) is 4.39 Å². The van der Waals surface area contributed by atoms with Gasteiger partial charge in [0, 0.05) is 18.7 Å². The SMILES string of the molecule is NCc1cc(F)ccc1OCCCN1CCCC1. The molecular weight excluding hydrogens is 231 g/mol. The average molecular weight is 252 g/mol. The van der Waals surface area contributed by atoms with E-state index in [-0.39, 0.29) is 5.82 Å². The highest BCUT2D eigenvalue weighted by Gasteiger charge is 2.10. The van der Waals surface area contributed by atoms with Gasteiger partial charge in [-0.1, -0.05) is 0 Å². The number of likely N-dealkylation sites (tertiary alicyclic amines) is 1. The Hall–Kier alpha value is -1.13. The Labute approximate surface area is 108 Å². The van der Waals surface area contributed by atoms with E-state index in [0.29, 0.717) is 18.9 Å². The first-order chi connectivity index (χ1) is 8.79. The first-order valence-electron chi connectivity index (χ1n) is 6.63. The Morgan fingerprint density at radius 2 is 2.06 bits per heavy atom. The number of ether oxygens (including phenoxy) is 1. The quantitative estimate of drug-likeness (QED) is 0.788. The topological polar surface area (TPSA) is 38.5 Å². The zero-order chi connectivity index (χ0) is 12.8. The van der Waals surface area contributed by atoms with Crippen molar-refractivity contribution >= 4 is 0 Å². The summed E-state index contributed by atoms with van der Waals surface area (Å²) in [7, 11) is 0. The van der Waals surface area contributed by atoms with Gasteiger partial charge >= 0.3 is 0 Å². The van der Waals surface area contributed by atoms with Gasteiger partial charge in [0.05, 0.1) is 6.61 Å². The van der Waals surface area contributed by atoms with Crippen molar-refractivity contribution in [2.45, 2.75) is 25.8 Å². The second kappa shape index (κ2) is 6.71. The monoisotopic (exact) mass is 252 g/mol. The van der Waals surface area contributed by atoms with E-state index < -0.39 is 0 Å². The molecule has 0 unspecified atom stereocenters. The molecule has 1 fully saturated rings. The maximum absolute atomic E-state index is 13.0. The predicted molar refractivity (Wildman–Crippen MR) is 70.1 cm³/mol. The minimum atomic E-state index is -0.264. The molecule has 0 bridgehead atoms. The van der Waals surface area contributed by atoms with Gasteiger partial charge in [-0.3, -0.25) is 0 Å². The summed E-state index contributed by atoms with van der Waals surface area (Å²) in [5.41, 5.74) is 6.30. The van der Waals surface area contributed by atoms with Crippen LogP contribution < -0.4 is 10.5 Å². The molecule has 1 aliphatic rings. The molecule has 1 aliphatic heterocycles. The van der Waals surface area contributed by atoms with Crippen LogP contribution in [0.4, 0.5) is 4.39 Å². The number of hydrogen-bond acceptors (Lipinski definition) is 3. The van der Waals surface area contributed by atoms with Crippen molar-refractivity contribution < 1.29 is 9.13 Å². The van der Waals surface area contributed by atoms with Gasteiger partial charge in [-0.15, -0.1) is 0 Å². The van der Waals surface area contributed by atoms with Gasteiger partial charge in [-0.05, 0) is 50.6 Å². The second-order valence-electron chi connectivity index (χ2n) is 4.71. The Bertz CT molecular complexity index is 378. The van der Waals surface area contributed by atoms with Crippen molar-refractivity contribution in [2.24, 2.45) is 5.73 Å². The summed E-state index contributed by atoms with van der Waals surface area (Å²) in [4.78, 5) is 2.46. The fourth-order valence-electron chi connectivity index (χ4n) is 2.32. The van der Waals surface area contributed by atoms with Crippen LogP contribution in [0.15, 0.2) is 18.2 Å². The fourth-order valence-corrected chi connectivity index (χ4v) is 2.32. The largest absolute Gasteiger partial charge is 0.493 e. The van der Waals surface area contributed by atoms with Crippen molar-refractivity contribution in [3.63, 3.8) is 0 Å². The Kier molecular flexibility index (Phi) is 4.96. The Morgan fingerprint density at radius 3 is 2.78 bits per heavy atom. The summed E-state index contributed by atoms with van der Waals surface area (Å²) in [5, 5.41) is 0. The molecule has 4 heteroatoms. The number of nitrogens with two attached hydrogens (primary N) is 1. The number of nitrogens with zero attached hydrogens (tertiary/aromatic N) is 1. The number of halogens is 1. The van der Waals surface area contributed by atoms with E-state index in [1.807, 2.05) is 0 Å². The molecule has 1 heterocycles. The van der Waals surface area contributed by atoms with Crippen LogP contribution in [0.3, 0.4) is 0 Å². The highest BCUT2D eigenvalue weighted by atomic mass is 19.1. The van der Waals surface area contributed by atoms with Crippen molar-refractivity contribution in [1.82, 2.24) is 4.90 Å². The van der Waals surface area contributed by atoms with E-state index in [4.69, 9.17) is 10.5 Å². The standard InChI is InChI=1S/C14H21FN2O/c15-13-4-5-14(12(10-13)11-16)18-9-3-8-17-6-1-2-7-17/h4-5,10H,1-3,6-9,11,16H2. The third-order valence-electron chi connectivity index (χ3n) is 3.32. The van der Waals surface area contributed by atoms with Crippen LogP contribution in [-0.4, -0.2) is 31.1 Å². The fraction of sp³-hybridized carbons (Fsp3) is 0.571. The molecule has 0 aliphatic carbocycles. The van der Waals surface area contributed by atoms with Crippen LogP contribution in [0.2, 0.25) is 0 Å². The molecule has 0 radical (unpaired) electrons. The zero-order valence-corrected chi connectivity index (χ0v) is 10.7. The molecule has 1 saturated heterocycles. The first kappa shape index (κ1) is 13.3. The lowest BCUT2D eigenvalue weighted by Gasteiger charge is -2.15. The molecule has 2 N–H and O–H groups in total. The molecule has 0 aromatic heterocycles. The minimum absolute atomic E-state index is 0.264. The van der Waals surface area contributed by atoms with Gasteiger partial charge in [0.25, 0.3) is 0 Å². The van der Waals surface area contributed by atoms with Gasteiger partial charge in [0.1, 0.15) is 11.6 Å². The maximum Gasteiger partial charge on any atom is 0.123 e. The second-order valence-corrected chi connectivity index (χ2v) is 4.71. The van der Waals surface area contributed by atoms with Crippen LogP contribution in [-0.2, 0) is 6.54 Å². The van der Waals surface area contributed by atoms with Gasteiger partial charge in [0.2, 0.25) is 0 Å². The molecule has 3 nitrogen and oxygen atoms in total. The van der Waals surface area contributed by atoms with Crippen molar-refractivity contribution in [3.05, 3.63) is 29.6 Å².